The van der Waals surface area contributed by atoms with Gasteiger partial charge in [-0.1, -0.05) is 6.42 Å². The largest absolute Gasteiger partial charge is 0.494 e. The molecular weight excluding hydrogens is 310 g/mol. The van der Waals surface area contributed by atoms with Gasteiger partial charge >= 0.3 is 0 Å². The van der Waals surface area contributed by atoms with Gasteiger partial charge in [0.25, 0.3) is 0 Å². The van der Waals surface area contributed by atoms with Crippen molar-refractivity contribution >= 4 is 12.4 Å². The molecule has 2 fully saturated rings. The standard InChI is InChI=1S/C16H22F2N2O.ClH/c1-21-13-6-5-12(17)14(15(13)18)16(11-3-2-4-11)20-9-7-19-8-10-20;/h5-6,11,16,19H,2-4,7-10H2,1H3;1H/t16-;/m0./s1. The molecule has 6 heteroatoms. The minimum Gasteiger partial charge on any atom is -0.494 e. The first-order chi connectivity index (χ1) is 10.2. The van der Waals surface area contributed by atoms with Crippen LogP contribution in [0, 0.1) is 17.6 Å². The molecule has 1 aromatic rings. The van der Waals surface area contributed by atoms with Crippen LogP contribution in [0.25, 0.3) is 0 Å². The average molecular weight is 333 g/mol. The first-order valence-electron chi connectivity index (χ1n) is 7.69. The van der Waals surface area contributed by atoms with Gasteiger partial charge in [-0.2, -0.15) is 0 Å². The third kappa shape index (κ3) is 3.21. The SMILES string of the molecule is COc1ccc(F)c([C@H](C2CCC2)N2CCNCC2)c1F.Cl. The average Bonchev–Trinajstić information content (AvgIpc) is 2.45. The minimum atomic E-state index is -0.534. The number of ether oxygens (including phenoxy) is 1. The van der Waals surface area contributed by atoms with Crippen LogP contribution in [0.5, 0.6) is 5.75 Å². The summed E-state index contributed by atoms with van der Waals surface area (Å²) in [4.78, 5) is 2.22. The molecule has 0 aromatic heterocycles. The summed E-state index contributed by atoms with van der Waals surface area (Å²) in [5.74, 6) is -0.512. The third-order valence-electron chi connectivity index (χ3n) is 4.75. The van der Waals surface area contributed by atoms with Gasteiger partial charge in [0, 0.05) is 37.8 Å². The zero-order chi connectivity index (χ0) is 14.8. The van der Waals surface area contributed by atoms with Gasteiger partial charge in [0.05, 0.1) is 7.11 Å². The zero-order valence-electron chi connectivity index (χ0n) is 12.8. The monoisotopic (exact) mass is 332 g/mol. The summed E-state index contributed by atoms with van der Waals surface area (Å²) in [6.45, 7) is 3.40. The molecule has 1 aliphatic carbocycles. The fourth-order valence-electron chi connectivity index (χ4n) is 3.41. The Morgan fingerprint density at radius 3 is 2.45 bits per heavy atom. The van der Waals surface area contributed by atoms with E-state index < -0.39 is 11.6 Å². The van der Waals surface area contributed by atoms with E-state index in [0.717, 1.165) is 45.4 Å². The minimum absolute atomic E-state index is 0. The number of hydrogen-bond acceptors (Lipinski definition) is 3. The van der Waals surface area contributed by atoms with Gasteiger partial charge in [0.1, 0.15) is 5.82 Å². The highest BCUT2D eigenvalue weighted by atomic mass is 35.5. The van der Waals surface area contributed by atoms with E-state index in [1.54, 1.807) is 0 Å². The molecule has 1 saturated carbocycles. The van der Waals surface area contributed by atoms with E-state index in [1.807, 2.05) is 0 Å². The highest BCUT2D eigenvalue weighted by Crippen LogP contribution is 2.44. The fourth-order valence-corrected chi connectivity index (χ4v) is 3.41. The molecule has 3 nitrogen and oxygen atoms in total. The van der Waals surface area contributed by atoms with Gasteiger partial charge in [-0.05, 0) is 30.9 Å². The molecule has 0 bridgehead atoms. The molecule has 1 N–H and O–H groups in total. The van der Waals surface area contributed by atoms with Gasteiger partial charge in [-0.15, -0.1) is 12.4 Å². The van der Waals surface area contributed by atoms with Crippen LogP contribution in [-0.4, -0.2) is 38.2 Å². The normalized spacial score (nSPS) is 20.9. The third-order valence-corrected chi connectivity index (χ3v) is 4.75. The number of rotatable bonds is 4. The molecule has 3 rings (SSSR count). The van der Waals surface area contributed by atoms with Gasteiger partial charge < -0.3 is 10.1 Å². The summed E-state index contributed by atoms with van der Waals surface area (Å²) < 4.78 is 34.0. The maximum atomic E-state index is 14.7. The van der Waals surface area contributed by atoms with E-state index >= 15 is 0 Å². The van der Waals surface area contributed by atoms with Crippen molar-refractivity contribution in [3.63, 3.8) is 0 Å². The van der Waals surface area contributed by atoms with Crippen LogP contribution < -0.4 is 10.1 Å². The highest BCUT2D eigenvalue weighted by Gasteiger charge is 2.37. The number of hydrogen-bond donors (Lipinski definition) is 1. The number of nitrogens with zero attached hydrogens (tertiary/aromatic N) is 1. The summed E-state index contributed by atoms with van der Waals surface area (Å²) in [5, 5.41) is 3.29. The van der Waals surface area contributed by atoms with E-state index in [-0.39, 0.29) is 29.8 Å². The Labute approximate surface area is 136 Å². The van der Waals surface area contributed by atoms with Crippen molar-refractivity contribution in [2.75, 3.05) is 33.3 Å². The Balaban J connectivity index is 0.00000176. The first kappa shape index (κ1) is 17.4. The Morgan fingerprint density at radius 2 is 1.91 bits per heavy atom. The predicted octanol–water partition coefficient (Wildman–Crippen LogP) is 3.14. The van der Waals surface area contributed by atoms with Crippen molar-refractivity contribution in [2.45, 2.75) is 25.3 Å². The number of halogens is 3. The maximum Gasteiger partial charge on any atom is 0.172 e. The smallest absolute Gasteiger partial charge is 0.172 e. The Bertz CT molecular complexity index is 505. The van der Waals surface area contributed by atoms with Crippen LogP contribution in [0.1, 0.15) is 30.9 Å². The number of piperazine rings is 1. The van der Waals surface area contributed by atoms with Crippen molar-refractivity contribution in [2.24, 2.45) is 5.92 Å². The van der Waals surface area contributed by atoms with E-state index in [1.165, 1.54) is 19.2 Å². The Morgan fingerprint density at radius 1 is 1.23 bits per heavy atom. The number of benzene rings is 1. The maximum absolute atomic E-state index is 14.7. The quantitative estimate of drug-likeness (QED) is 0.916. The summed E-state index contributed by atoms with van der Waals surface area (Å²) >= 11 is 0. The van der Waals surface area contributed by atoms with Crippen LogP contribution in [-0.2, 0) is 0 Å². The highest BCUT2D eigenvalue weighted by molar-refractivity contribution is 5.85. The summed E-state index contributed by atoms with van der Waals surface area (Å²) in [5.41, 5.74) is 0.195. The molecule has 0 spiro atoms. The van der Waals surface area contributed by atoms with Gasteiger partial charge in [-0.3, -0.25) is 4.90 Å². The lowest BCUT2D eigenvalue weighted by Crippen LogP contribution is -2.48. The second kappa shape index (κ2) is 7.57. The van der Waals surface area contributed by atoms with Crippen molar-refractivity contribution < 1.29 is 13.5 Å². The van der Waals surface area contributed by atoms with Gasteiger partial charge in [-0.25, -0.2) is 8.78 Å². The van der Waals surface area contributed by atoms with Crippen molar-refractivity contribution in [1.29, 1.82) is 0 Å². The van der Waals surface area contributed by atoms with E-state index in [0.29, 0.717) is 5.92 Å². The molecule has 2 aliphatic rings. The zero-order valence-corrected chi connectivity index (χ0v) is 13.6. The Kier molecular flexibility index (Phi) is 6.01. The molecule has 1 heterocycles. The lowest BCUT2D eigenvalue weighted by Gasteiger charge is -2.43. The van der Waals surface area contributed by atoms with Crippen LogP contribution >= 0.6 is 12.4 Å². The topological polar surface area (TPSA) is 24.5 Å². The van der Waals surface area contributed by atoms with Crippen molar-refractivity contribution in [1.82, 2.24) is 10.2 Å². The molecule has 1 atom stereocenters. The number of nitrogens with one attached hydrogen (secondary N) is 1. The molecule has 1 aromatic carbocycles. The molecule has 1 saturated heterocycles. The van der Waals surface area contributed by atoms with Crippen LogP contribution in [0.3, 0.4) is 0 Å². The molecule has 0 radical (unpaired) electrons. The second-order valence-electron chi connectivity index (χ2n) is 5.90. The lowest BCUT2D eigenvalue weighted by atomic mass is 9.76. The van der Waals surface area contributed by atoms with Crippen LogP contribution in [0.2, 0.25) is 0 Å². The second-order valence-corrected chi connectivity index (χ2v) is 5.90. The van der Waals surface area contributed by atoms with E-state index in [9.17, 15) is 8.78 Å². The molecule has 0 amide bonds. The van der Waals surface area contributed by atoms with Crippen molar-refractivity contribution in [3.05, 3.63) is 29.3 Å². The molecular formula is C16H23ClF2N2O. The lowest BCUT2D eigenvalue weighted by molar-refractivity contribution is 0.0780. The fraction of sp³-hybridized carbons (Fsp3) is 0.625. The van der Waals surface area contributed by atoms with Crippen LogP contribution in [0.4, 0.5) is 8.78 Å². The summed E-state index contributed by atoms with van der Waals surface area (Å²) in [6.07, 6.45) is 3.25. The Hall–Kier alpha value is -0.910. The number of methoxy groups -OCH3 is 1. The van der Waals surface area contributed by atoms with Crippen LogP contribution in [0.15, 0.2) is 12.1 Å². The summed E-state index contributed by atoms with van der Waals surface area (Å²) in [7, 11) is 1.42. The van der Waals surface area contributed by atoms with E-state index in [2.05, 4.69) is 10.2 Å². The molecule has 124 valence electrons. The molecule has 1 aliphatic heterocycles. The van der Waals surface area contributed by atoms with E-state index in [4.69, 9.17) is 4.74 Å². The van der Waals surface area contributed by atoms with Gasteiger partial charge in [0.2, 0.25) is 0 Å². The summed E-state index contributed by atoms with van der Waals surface area (Å²) in [6, 6.07) is 2.52. The first-order valence-corrected chi connectivity index (χ1v) is 7.69. The molecule has 22 heavy (non-hydrogen) atoms. The van der Waals surface area contributed by atoms with Gasteiger partial charge in [0.15, 0.2) is 11.6 Å². The molecule has 0 unspecified atom stereocenters. The van der Waals surface area contributed by atoms with Crippen molar-refractivity contribution in [3.8, 4) is 5.75 Å². The predicted molar refractivity (Wildman–Crippen MR) is 84.7 cm³/mol.